The third kappa shape index (κ3) is 2.15. The molecule has 6 nitrogen and oxygen atoms in total. The van der Waals surface area contributed by atoms with Crippen molar-refractivity contribution in [2.24, 2.45) is 0 Å². The van der Waals surface area contributed by atoms with Gasteiger partial charge < -0.3 is 5.11 Å². The third-order valence-corrected chi connectivity index (χ3v) is 2.34. The van der Waals surface area contributed by atoms with E-state index in [0.717, 1.165) is 6.42 Å². The standard InChI is InChI=1S/C11H12N4O2/c1-2-6-15-9(7-13-14-15)8-4-3-5-12-10(8)11(16)17/h3-5,7H,2,6H2,1H3,(H,16,17). The third-order valence-electron chi connectivity index (χ3n) is 2.34. The summed E-state index contributed by atoms with van der Waals surface area (Å²) in [4.78, 5) is 14.9. The molecule has 0 aliphatic heterocycles. The van der Waals surface area contributed by atoms with Gasteiger partial charge in [-0.25, -0.2) is 14.5 Å². The number of nitrogens with zero attached hydrogens (tertiary/aromatic N) is 4. The van der Waals surface area contributed by atoms with Crippen molar-refractivity contribution in [1.82, 2.24) is 20.0 Å². The Bertz CT molecular complexity index is 536. The molecule has 0 amide bonds. The van der Waals surface area contributed by atoms with Crippen LogP contribution in [0.15, 0.2) is 24.5 Å². The summed E-state index contributed by atoms with van der Waals surface area (Å²) in [6.07, 6.45) is 3.92. The van der Waals surface area contributed by atoms with Gasteiger partial charge >= 0.3 is 5.97 Å². The fourth-order valence-electron chi connectivity index (χ4n) is 1.63. The molecule has 2 rings (SSSR count). The topological polar surface area (TPSA) is 80.9 Å². The maximum atomic E-state index is 11.1. The van der Waals surface area contributed by atoms with E-state index in [1.807, 2.05) is 6.92 Å². The number of pyridine rings is 1. The molecule has 17 heavy (non-hydrogen) atoms. The van der Waals surface area contributed by atoms with Crippen molar-refractivity contribution in [3.8, 4) is 11.3 Å². The number of rotatable bonds is 4. The fraction of sp³-hybridized carbons (Fsp3) is 0.273. The number of aromatic carboxylic acids is 1. The van der Waals surface area contributed by atoms with E-state index >= 15 is 0 Å². The Morgan fingerprint density at radius 3 is 3.06 bits per heavy atom. The largest absolute Gasteiger partial charge is 0.476 e. The first kappa shape index (κ1) is 11.3. The monoisotopic (exact) mass is 232 g/mol. The van der Waals surface area contributed by atoms with E-state index in [1.54, 1.807) is 23.0 Å². The summed E-state index contributed by atoms with van der Waals surface area (Å²) in [7, 11) is 0. The number of carbonyl (C=O) groups is 1. The second-order valence-corrected chi connectivity index (χ2v) is 3.55. The van der Waals surface area contributed by atoms with Crippen molar-refractivity contribution in [3.63, 3.8) is 0 Å². The zero-order valence-corrected chi connectivity index (χ0v) is 9.37. The highest BCUT2D eigenvalue weighted by molar-refractivity contribution is 5.93. The number of aryl methyl sites for hydroxylation is 1. The molecule has 0 aliphatic carbocycles. The Morgan fingerprint density at radius 2 is 2.35 bits per heavy atom. The Morgan fingerprint density at radius 1 is 1.53 bits per heavy atom. The van der Waals surface area contributed by atoms with E-state index in [4.69, 9.17) is 5.11 Å². The van der Waals surface area contributed by atoms with Crippen molar-refractivity contribution in [2.75, 3.05) is 0 Å². The second kappa shape index (κ2) is 4.73. The van der Waals surface area contributed by atoms with Crippen LogP contribution >= 0.6 is 0 Å². The van der Waals surface area contributed by atoms with Crippen LogP contribution in [0.25, 0.3) is 11.3 Å². The minimum atomic E-state index is -1.05. The van der Waals surface area contributed by atoms with Gasteiger partial charge in [0.15, 0.2) is 5.69 Å². The summed E-state index contributed by atoms with van der Waals surface area (Å²) in [5, 5.41) is 16.8. The minimum absolute atomic E-state index is 0.0205. The second-order valence-electron chi connectivity index (χ2n) is 3.55. The summed E-state index contributed by atoms with van der Waals surface area (Å²) in [6, 6.07) is 3.41. The van der Waals surface area contributed by atoms with Crippen molar-refractivity contribution < 1.29 is 9.90 Å². The zero-order valence-electron chi connectivity index (χ0n) is 9.37. The first-order valence-electron chi connectivity index (χ1n) is 5.31. The maximum Gasteiger partial charge on any atom is 0.355 e. The molecule has 0 fully saturated rings. The predicted molar refractivity (Wildman–Crippen MR) is 60.5 cm³/mol. The lowest BCUT2D eigenvalue weighted by Crippen LogP contribution is -2.07. The number of carboxylic acids is 1. The highest BCUT2D eigenvalue weighted by Crippen LogP contribution is 2.21. The first-order chi connectivity index (χ1) is 8.24. The van der Waals surface area contributed by atoms with E-state index < -0.39 is 5.97 Å². The fourth-order valence-corrected chi connectivity index (χ4v) is 1.63. The normalized spacial score (nSPS) is 10.4. The van der Waals surface area contributed by atoms with Gasteiger partial charge in [-0.3, -0.25) is 0 Å². The van der Waals surface area contributed by atoms with E-state index in [9.17, 15) is 4.79 Å². The van der Waals surface area contributed by atoms with Crippen molar-refractivity contribution in [1.29, 1.82) is 0 Å². The molecule has 2 aromatic heterocycles. The van der Waals surface area contributed by atoms with Crippen LogP contribution in [-0.4, -0.2) is 31.1 Å². The highest BCUT2D eigenvalue weighted by atomic mass is 16.4. The molecule has 0 radical (unpaired) electrons. The number of aromatic nitrogens is 4. The SMILES string of the molecule is CCCn1nncc1-c1cccnc1C(=O)O. The van der Waals surface area contributed by atoms with E-state index in [-0.39, 0.29) is 5.69 Å². The van der Waals surface area contributed by atoms with Gasteiger partial charge in [0, 0.05) is 18.3 Å². The Labute approximate surface area is 97.9 Å². The molecule has 2 heterocycles. The van der Waals surface area contributed by atoms with Crippen LogP contribution < -0.4 is 0 Å². The highest BCUT2D eigenvalue weighted by Gasteiger charge is 2.16. The molecular weight excluding hydrogens is 220 g/mol. The summed E-state index contributed by atoms with van der Waals surface area (Å²) in [5.41, 5.74) is 1.24. The number of hydrogen-bond acceptors (Lipinski definition) is 4. The van der Waals surface area contributed by atoms with Crippen LogP contribution in [0.2, 0.25) is 0 Å². The smallest absolute Gasteiger partial charge is 0.355 e. The van der Waals surface area contributed by atoms with Crippen molar-refractivity contribution in [2.45, 2.75) is 19.9 Å². The summed E-state index contributed by atoms with van der Waals surface area (Å²) in [5.74, 6) is -1.05. The van der Waals surface area contributed by atoms with E-state index in [0.29, 0.717) is 17.8 Å². The lowest BCUT2D eigenvalue weighted by atomic mass is 10.1. The molecule has 0 aliphatic rings. The van der Waals surface area contributed by atoms with Crippen LogP contribution in [0, 0.1) is 0 Å². The lowest BCUT2D eigenvalue weighted by Gasteiger charge is -2.06. The molecular formula is C11H12N4O2. The predicted octanol–water partition coefficient (Wildman–Crippen LogP) is 1.45. The average Bonchev–Trinajstić information content (AvgIpc) is 2.77. The Balaban J connectivity index is 2.52. The molecule has 88 valence electrons. The first-order valence-corrected chi connectivity index (χ1v) is 5.31. The quantitative estimate of drug-likeness (QED) is 0.862. The Hall–Kier alpha value is -2.24. The van der Waals surface area contributed by atoms with Crippen LogP contribution in [-0.2, 0) is 6.54 Å². The summed E-state index contributed by atoms with van der Waals surface area (Å²) < 4.78 is 1.68. The van der Waals surface area contributed by atoms with Crippen molar-refractivity contribution in [3.05, 3.63) is 30.2 Å². The molecule has 0 bridgehead atoms. The van der Waals surface area contributed by atoms with Crippen LogP contribution in [0.1, 0.15) is 23.8 Å². The Kier molecular flexibility index (Phi) is 3.13. The molecule has 1 N–H and O–H groups in total. The molecule has 0 saturated carbocycles. The van der Waals surface area contributed by atoms with Gasteiger partial charge in [0.2, 0.25) is 0 Å². The van der Waals surface area contributed by atoms with Crippen LogP contribution in [0.4, 0.5) is 0 Å². The van der Waals surface area contributed by atoms with Gasteiger partial charge in [-0.1, -0.05) is 12.1 Å². The van der Waals surface area contributed by atoms with E-state index in [2.05, 4.69) is 15.3 Å². The van der Waals surface area contributed by atoms with Gasteiger partial charge in [0.25, 0.3) is 0 Å². The maximum absolute atomic E-state index is 11.1. The van der Waals surface area contributed by atoms with Gasteiger partial charge in [-0.2, -0.15) is 0 Å². The average molecular weight is 232 g/mol. The van der Waals surface area contributed by atoms with Gasteiger partial charge in [-0.05, 0) is 18.6 Å². The molecule has 0 spiro atoms. The molecule has 0 aromatic carbocycles. The van der Waals surface area contributed by atoms with Crippen LogP contribution in [0.5, 0.6) is 0 Å². The molecule has 6 heteroatoms. The van der Waals surface area contributed by atoms with Crippen LogP contribution in [0.3, 0.4) is 0 Å². The molecule has 0 saturated heterocycles. The van der Waals surface area contributed by atoms with Crippen molar-refractivity contribution >= 4 is 5.97 Å². The zero-order chi connectivity index (χ0) is 12.3. The number of hydrogen-bond donors (Lipinski definition) is 1. The minimum Gasteiger partial charge on any atom is -0.476 e. The van der Waals surface area contributed by atoms with Gasteiger partial charge in [-0.15, -0.1) is 5.10 Å². The summed E-state index contributed by atoms with van der Waals surface area (Å²) >= 11 is 0. The summed E-state index contributed by atoms with van der Waals surface area (Å²) in [6.45, 7) is 2.72. The molecule has 0 unspecified atom stereocenters. The van der Waals surface area contributed by atoms with Gasteiger partial charge in [0.1, 0.15) is 0 Å². The molecule has 0 atom stereocenters. The lowest BCUT2D eigenvalue weighted by molar-refractivity contribution is 0.0691. The van der Waals surface area contributed by atoms with Gasteiger partial charge in [0.05, 0.1) is 11.9 Å². The number of carboxylic acid groups (broad SMARTS) is 1. The van der Waals surface area contributed by atoms with E-state index in [1.165, 1.54) is 6.20 Å². The molecule has 2 aromatic rings.